The molecule has 4 nitrogen and oxygen atoms in total. The number of nitrogens with zero attached hydrogens (tertiary/aromatic N) is 1. The highest BCUT2D eigenvalue weighted by molar-refractivity contribution is 6.32. The first kappa shape index (κ1) is 12.5. The fourth-order valence-electron chi connectivity index (χ4n) is 1.27. The first-order chi connectivity index (χ1) is 7.63. The van der Waals surface area contributed by atoms with Gasteiger partial charge in [0.2, 0.25) is 0 Å². The molecule has 0 saturated heterocycles. The van der Waals surface area contributed by atoms with E-state index in [1.54, 1.807) is 6.92 Å². The van der Waals surface area contributed by atoms with E-state index in [0.29, 0.717) is 11.1 Å². The Hall–Kier alpha value is -1.57. The van der Waals surface area contributed by atoms with Gasteiger partial charge in [0.15, 0.2) is 0 Å². The highest BCUT2D eigenvalue weighted by Crippen LogP contribution is 2.21. The van der Waals surface area contributed by atoms with E-state index in [2.05, 4.69) is 0 Å². The molecule has 84 valence electrons. The topological polar surface area (TPSA) is 76.1 Å². The molecular weight excluding hydrogens is 228 g/mol. The van der Waals surface area contributed by atoms with Gasteiger partial charge in [0.05, 0.1) is 22.8 Å². The van der Waals surface area contributed by atoms with E-state index in [1.165, 1.54) is 12.1 Å². The molecule has 5 heteroatoms. The number of benzene rings is 1. The highest BCUT2D eigenvalue weighted by atomic mass is 35.5. The number of hydrogen-bond donors (Lipinski definition) is 1. The minimum absolute atomic E-state index is 0.166. The molecule has 1 aromatic rings. The first-order valence-corrected chi connectivity index (χ1v) is 5.11. The number of ether oxygens (including phenoxy) is 1. The third kappa shape index (κ3) is 2.51. The SMILES string of the molecule is CCOC(=O)c1cc(C#N)c(Cl)cc1CN. The van der Waals surface area contributed by atoms with Crippen molar-refractivity contribution in [3.63, 3.8) is 0 Å². The van der Waals surface area contributed by atoms with Gasteiger partial charge in [0.1, 0.15) is 6.07 Å². The molecule has 0 amide bonds. The quantitative estimate of drug-likeness (QED) is 0.816. The van der Waals surface area contributed by atoms with Crippen LogP contribution in [-0.2, 0) is 11.3 Å². The average molecular weight is 239 g/mol. The molecule has 1 aromatic carbocycles. The summed E-state index contributed by atoms with van der Waals surface area (Å²) in [4.78, 5) is 11.6. The molecule has 0 saturated carbocycles. The molecule has 0 bridgehead atoms. The summed E-state index contributed by atoms with van der Waals surface area (Å²) in [6, 6.07) is 4.83. The Bertz CT molecular complexity index is 452. The fourth-order valence-corrected chi connectivity index (χ4v) is 1.50. The van der Waals surface area contributed by atoms with Crippen LogP contribution < -0.4 is 5.73 Å². The van der Waals surface area contributed by atoms with Crippen molar-refractivity contribution in [2.45, 2.75) is 13.5 Å². The highest BCUT2D eigenvalue weighted by Gasteiger charge is 2.14. The van der Waals surface area contributed by atoms with Crippen molar-refractivity contribution >= 4 is 17.6 Å². The van der Waals surface area contributed by atoms with E-state index >= 15 is 0 Å². The molecule has 0 unspecified atom stereocenters. The van der Waals surface area contributed by atoms with Crippen LogP contribution in [0.25, 0.3) is 0 Å². The number of hydrogen-bond acceptors (Lipinski definition) is 4. The Kier molecular flexibility index (Phi) is 4.29. The Morgan fingerprint density at radius 1 is 1.62 bits per heavy atom. The Morgan fingerprint density at radius 2 is 2.31 bits per heavy atom. The van der Waals surface area contributed by atoms with Crippen LogP contribution >= 0.6 is 11.6 Å². The largest absolute Gasteiger partial charge is 0.462 e. The van der Waals surface area contributed by atoms with Gasteiger partial charge in [-0.3, -0.25) is 0 Å². The van der Waals surface area contributed by atoms with Gasteiger partial charge in [-0.15, -0.1) is 0 Å². The average Bonchev–Trinajstić information content (AvgIpc) is 2.28. The van der Waals surface area contributed by atoms with E-state index < -0.39 is 5.97 Å². The van der Waals surface area contributed by atoms with Crippen molar-refractivity contribution in [2.24, 2.45) is 5.73 Å². The third-order valence-electron chi connectivity index (χ3n) is 2.03. The molecule has 0 aliphatic rings. The Morgan fingerprint density at radius 3 is 2.81 bits per heavy atom. The maximum atomic E-state index is 11.6. The van der Waals surface area contributed by atoms with E-state index in [1.807, 2.05) is 6.07 Å². The van der Waals surface area contributed by atoms with Crippen LogP contribution in [0.5, 0.6) is 0 Å². The first-order valence-electron chi connectivity index (χ1n) is 4.73. The van der Waals surface area contributed by atoms with Gasteiger partial charge in [0, 0.05) is 6.54 Å². The van der Waals surface area contributed by atoms with Gasteiger partial charge in [0.25, 0.3) is 0 Å². The van der Waals surface area contributed by atoms with Crippen LogP contribution in [0.4, 0.5) is 0 Å². The monoisotopic (exact) mass is 238 g/mol. The molecule has 1 rings (SSSR count). The van der Waals surface area contributed by atoms with Crippen LogP contribution in [0.1, 0.15) is 28.4 Å². The van der Waals surface area contributed by atoms with Crippen molar-refractivity contribution < 1.29 is 9.53 Å². The zero-order chi connectivity index (χ0) is 12.1. The minimum Gasteiger partial charge on any atom is -0.462 e. The van der Waals surface area contributed by atoms with E-state index in [4.69, 9.17) is 27.3 Å². The number of halogens is 1. The van der Waals surface area contributed by atoms with Crippen molar-refractivity contribution in [3.8, 4) is 6.07 Å². The summed E-state index contributed by atoms with van der Waals surface area (Å²) < 4.78 is 4.86. The van der Waals surface area contributed by atoms with Crippen LogP contribution in [0.3, 0.4) is 0 Å². The van der Waals surface area contributed by atoms with Crippen molar-refractivity contribution in [1.29, 1.82) is 5.26 Å². The number of nitrogens with two attached hydrogens (primary N) is 1. The van der Waals surface area contributed by atoms with E-state index in [9.17, 15) is 4.79 Å². The molecule has 0 spiro atoms. The zero-order valence-electron chi connectivity index (χ0n) is 8.79. The predicted octanol–water partition coefficient (Wildman–Crippen LogP) is 1.85. The molecule has 0 heterocycles. The van der Waals surface area contributed by atoms with Crippen molar-refractivity contribution in [1.82, 2.24) is 0 Å². The van der Waals surface area contributed by atoms with Crippen LogP contribution in [-0.4, -0.2) is 12.6 Å². The van der Waals surface area contributed by atoms with E-state index in [-0.39, 0.29) is 23.7 Å². The molecule has 0 aliphatic carbocycles. The summed E-state index contributed by atoms with van der Waals surface area (Å²) in [5.41, 5.74) is 6.60. The van der Waals surface area contributed by atoms with Gasteiger partial charge in [-0.05, 0) is 24.6 Å². The number of nitriles is 1. The second-order valence-corrected chi connectivity index (χ2v) is 3.43. The maximum absolute atomic E-state index is 11.6. The van der Waals surface area contributed by atoms with Gasteiger partial charge in [-0.1, -0.05) is 11.6 Å². The van der Waals surface area contributed by atoms with Crippen molar-refractivity contribution in [3.05, 3.63) is 33.8 Å². The Labute approximate surface area is 98.6 Å². The number of rotatable bonds is 3. The molecule has 16 heavy (non-hydrogen) atoms. The van der Waals surface area contributed by atoms with Crippen LogP contribution in [0.15, 0.2) is 12.1 Å². The lowest BCUT2D eigenvalue weighted by atomic mass is 10.0. The fraction of sp³-hybridized carbons (Fsp3) is 0.273. The predicted molar refractivity (Wildman–Crippen MR) is 60.0 cm³/mol. The molecule has 0 atom stereocenters. The summed E-state index contributed by atoms with van der Waals surface area (Å²) in [5.74, 6) is -0.490. The van der Waals surface area contributed by atoms with Gasteiger partial charge < -0.3 is 10.5 Å². The second kappa shape index (κ2) is 5.50. The van der Waals surface area contributed by atoms with Gasteiger partial charge in [-0.25, -0.2) is 4.79 Å². The maximum Gasteiger partial charge on any atom is 0.338 e. The lowest BCUT2D eigenvalue weighted by Gasteiger charge is -2.08. The zero-order valence-corrected chi connectivity index (χ0v) is 9.54. The number of carbonyl (C=O) groups excluding carboxylic acids is 1. The normalized spacial score (nSPS) is 9.62. The smallest absolute Gasteiger partial charge is 0.338 e. The molecule has 0 fully saturated rings. The second-order valence-electron chi connectivity index (χ2n) is 3.03. The third-order valence-corrected chi connectivity index (χ3v) is 2.34. The molecule has 2 N–H and O–H groups in total. The van der Waals surface area contributed by atoms with Gasteiger partial charge >= 0.3 is 5.97 Å². The number of esters is 1. The lowest BCUT2D eigenvalue weighted by molar-refractivity contribution is 0.0525. The van der Waals surface area contributed by atoms with Gasteiger partial charge in [-0.2, -0.15) is 5.26 Å². The lowest BCUT2D eigenvalue weighted by Crippen LogP contribution is -2.11. The minimum atomic E-state index is -0.490. The molecule has 0 radical (unpaired) electrons. The summed E-state index contributed by atoms with van der Waals surface area (Å²) in [7, 11) is 0. The summed E-state index contributed by atoms with van der Waals surface area (Å²) in [6.07, 6.45) is 0. The summed E-state index contributed by atoms with van der Waals surface area (Å²) >= 11 is 5.83. The number of carbonyl (C=O) groups is 1. The van der Waals surface area contributed by atoms with Crippen molar-refractivity contribution in [2.75, 3.05) is 6.61 Å². The van der Waals surface area contributed by atoms with Crippen LogP contribution in [0.2, 0.25) is 5.02 Å². The Balaban J connectivity index is 3.26. The molecular formula is C11H11ClN2O2. The molecule has 0 aliphatic heterocycles. The summed E-state index contributed by atoms with van der Waals surface area (Å²) in [6.45, 7) is 2.15. The molecule has 0 aromatic heterocycles. The van der Waals surface area contributed by atoms with Crippen LogP contribution in [0, 0.1) is 11.3 Å². The standard InChI is InChI=1S/C11H11ClN2O2/c1-2-16-11(15)9-3-8(6-14)10(12)4-7(9)5-13/h3-4H,2,5,13H2,1H3. The van der Waals surface area contributed by atoms with E-state index in [0.717, 1.165) is 0 Å². The summed E-state index contributed by atoms with van der Waals surface area (Å²) in [5, 5.41) is 9.09.